The quantitative estimate of drug-likeness (QED) is 0.542. The summed E-state index contributed by atoms with van der Waals surface area (Å²) in [4.78, 5) is 34.3. The number of hydrogen-bond donors (Lipinski definition) is 1. The molecule has 0 radical (unpaired) electrons. The summed E-state index contributed by atoms with van der Waals surface area (Å²) in [6.07, 6.45) is 8.85. The molecule has 10 heteroatoms. The fourth-order valence-electron chi connectivity index (χ4n) is 5.10. The van der Waals surface area contributed by atoms with Crippen molar-refractivity contribution in [1.82, 2.24) is 19.9 Å². The Morgan fingerprint density at radius 1 is 1.14 bits per heavy atom. The van der Waals surface area contributed by atoms with Gasteiger partial charge in [0.05, 0.1) is 41.8 Å². The first kappa shape index (κ1) is 21.8. The number of amides is 1. The Balaban J connectivity index is 1.12. The maximum Gasteiger partial charge on any atom is 0.263 e. The van der Waals surface area contributed by atoms with Crippen LogP contribution in [0.5, 0.6) is 11.6 Å². The van der Waals surface area contributed by atoms with E-state index in [-0.39, 0.29) is 23.7 Å². The van der Waals surface area contributed by atoms with Gasteiger partial charge in [0.1, 0.15) is 11.8 Å². The molecule has 3 aromatic heterocycles. The summed E-state index contributed by atoms with van der Waals surface area (Å²) in [6, 6.07) is 7.38. The Morgan fingerprint density at radius 2 is 2.03 bits per heavy atom. The average Bonchev–Trinajstić information content (AvgIpc) is 2.91. The van der Waals surface area contributed by atoms with Crippen molar-refractivity contribution in [2.24, 2.45) is 4.99 Å². The molecule has 3 aliphatic heterocycles. The highest BCUT2D eigenvalue weighted by Crippen LogP contribution is 2.47. The van der Waals surface area contributed by atoms with Crippen LogP contribution in [0.1, 0.15) is 43.5 Å². The second kappa shape index (κ2) is 8.53. The van der Waals surface area contributed by atoms with Crippen molar-refractivity contribution in [2.75, 3.05) is 25.6 Å². The number of nitrogens with one attached hydrogen (secondary N) is 1. The number of anilines is 1. The summed E-state index contributed by atoms with van der Waals surface area (Å²) in [5, 5.41) is 2.74. The van der Waals surface area contributed by atoms with Gasteiger partial charge in [-0.1, -0.05) is 0 Å². The zero-order chi connectivity index (χ0) is 23.9. The molecule has 1 N–H and O–H groups in total. The third-order valence-electron chi connectivity index (χ3n) is 7.26. The molecule has 10 nitrogen and oxygen atoms in total. The Morgan fingerprint density at radius 3 is 2.83 bits per heavy atom. The van der Waals surface area contributed by atoms with Crippen molar-refractivity contribution in [1.29, 1.82) is 0 Å². The fraction of sp³-hybridized carbons (Fsp3) is 0.440. The van der Waals surface area contributed by atoms with E-state index in [9.17, 15) is 4.79 Å². The van der Waals surface area contributed by atoms with E-state index in [1.807, 2.05) is 24.3 Å². The van der Waals surface area contributed by atoms with Gasteiger partial charge in [-0.05, 0) is 56.7 Å². The molecular formula is C25H26N6O4. The summed E-state index contributed by atoms with van der Waals surface area (Å²) in [5.41, 5.74) is 2.82. The van der Waals surface area contributed by atoms with Gasteiger partial charge in [-0.3, -0.25) is 9.79 Å². The molecule has 1 amide bonds. The van der Waals surface area contributed by atoms with Gasteiger partial charge in [0.2, 0.25) is 5.88 Å². The number of hydrogen-bond acceptors (Lipinski definition) is 9. The van der Waals surface area contributed by atoms with Gasteiger partial charge in [0.15, 0.2) is 18.2 Å². The Hall–Kier alpha value is -3.66. The Labute approximate surface area is 202 Å². The lowest BCUT2D eigenvalue weighted by Gasteiger charge is -2.51. The number of aliphatic imine (C=N–C) groups is 1. The second-order valence-electron chi connectivity index (χ2n) is 9.42. The molecule has 3 fully saturated rings. The first-order valence-electron chi connectivity index (χ1n) is 11.8. The molecule has 1 aliphatic carbocycles. The molecule has 35 heavy (non-hydrogen) atoms. The number of carbonyl (C=O) groups excluding carboxylic acids is 1. The molecule has 0 atom stereocenters. The fourth-order valence-corrected chi connectivity index (χ4v) is 5.10. The molecule has 0 spiro atoms. The predicted molar refractivity (Wildman–Crippen MR) is 128 cm³/mol. The van der Waals surface area contributed by atoms with Crippen LogP contribution in [0.15, 0.2) is 35.6 Å². The number of nitrogens with zero attached hydrogens (tertiary/aromatic N) is 5. The van der Waals surface area contributed by atoms with Crippen LogP contribution in [-0.2, 0) is 16.0 Å². The number of aryl methyl sites for hydroxylation is 1. The molecule has 3 aromatic rings. The van der Waals surface area contributed by atoms with E-state index in [4.69, 9.17) is 19.2 Å². The number of aromatic nitrogens is 4. The van der Waals surface area contributed by atoms with Gasteiger partial charge in [-0.2, -0.15) is 0 Å². The zero-order valence-corrected chi connectivity index (χ0v) is 19.5. The summed E-state index contributed by atoms with van der Waals surface area (Å²) >= 11 is 0. The lowest BCUT2D eigenvalue weighted by atomic mass is 9.69. The van der Waals surface area contributed by atoms with Crippen molar-refractivity contribution in [3.8, 4) is 11.6 Å². The van der Waals surface area contributed by atoms with E-state index >= 15 is 0 Å². The number of pyridine rings is 2. The predicted octanol–water partition coefficient (Wildman–Crippen LogP) is 2.89. The van der Waals surface area contributed by atoms with Crippen LogP contribution in [0.25, 0.3) is 11.0 Å². The first-order chi connectivity index (χ1) is 17.1. The lowest BCUT2D eigenvalue weighted by Crippen LogP contribution is -2.54. The molecule has 1 saturated carbocycles. The average molecular weight is 475 g/mol. The van der Waals surface area contributed by atoms with E-state index in [1.165, 1.54) is 0 Å². The number of ether oxygens (including phenoxy) is 3. The largest absolute Gasteiger partial charge is 0.481 e. The highest BCUT2D eigenvalue weighted by Gasteiger charge is 2.49. The third-order valence-corrected chi connectivity index (χ3v) is 7.26. The second-order valence-corrected chi connectivity index (χ2v) is 9.42. The molecule has 180 valence electrons. The molecule has 2 bridgehead atoms. The number of carbonyl (C=O) groups is 1. The SMILES string of the molecule is COc1ccc2ncnc(CCC34CCC(N=Cc5ccc6c(n5)NC(=O)CO6)(CC3)CO4)c2n1. The number of fused-ring (bicyclic) bond motifs is 5. The summed E-state index contributed by atoms with van der Waals surface area (Å²) in [6.45, 7) is 0.605. The van der Waals surface area contributed by atoms with Crippen molar-refractivity contribution in [2.45, 2.75) is 49.7 Å². The van der Waals surface area contributed by atoms with Crippen molar-refractivity contribution < 1.29 is 19.0 Å². The highest BCUT2D eigenvalue weighted by molar-refractivity contribution is 5.94. The van der Waals surface area contributed by atoms with E-state index in [1.54, 1.807) is 19.7 Å². The maximum absolute atomic E-state index is 11.6. The van der Waals surface area contributed by atoms with E-state index < -0.39 is 0 Å². The van der Waals surface area contributed by atoms with Gasteiger partial charge < -0.3 is 19.5 Å². The monoisotopic (exact) mass is 474 g/mol. The van der Waals surface area contributed by atoms with Gasteiger partial charge >= 0.3 is 0 Å². The molecule has 6 heterocycles. The summed E-state index contributed by atoms with van der Waals surface area (Å²) in [5.74, 6) is 1.37. The van der Waals surface area contributed by atoms with Gasteiger partial charge in [-0.25, -0.2) is 19.9 Å². The van der Waals surface area contributed by atoms with Crippen LogP contribution in [0, 0.1) is 0 Å². The molecular weight excluding hydrogens is 448 g/mol. The van der Waals surface area contributed by atoms with Crippen LogP contribution >= 0.6 is 0 Å². The van der Waals surface area contributed by atoms with Crippen molar-refractivity contribution >= 4 is 29.0 Å². The molecule has 0 unspecified atom stereocenters. The van der Waals surface area contributed by atoms with Gasteiger partial charge in [-0.15, -0.1) is 0 Å². The Bertz CT molecular complexity index is 1300. The summed E-state index contributed by atoms with van der Waals surface area (Å²) < 4.78 is 17.1. The minimum atomic E-state index is -0.227. The number of methoxy groups -OCH3 is 1. The topological polar surface area (TPSA) is 121 Å². The van der Waals surface area contributed by atoms with Crippen LogP contribution in [0.4, 0.5) is 5.82 Å². The van der Waals surface area contributed by atoms with Crippen LogP contribution in [0.2, 0.25) is 0 Å². The molecule has 2 saturated heterocycles. The van der Waals surface area contributed by atoms with Gasteiger partial charge in [0, 0.05) is 12.3 Å². The Kier molecular flexibility index (Phi) is 5.32. The van der Waals surface area contributed by atoms with Gasteiger partial charge in [0.25, 0.3) is 5.91 Å². The molecule has 0 aromatic carbocycles. The van der Waals surface area contributed by atoms with E-state index in [2.05, 4.69) is 25.3 Å². The molecule has 7 rings (SSSR count). The van der Waals surface area contributed by atoms with E-state index in [0.717, 1.165) is 55.3 Å². The zero-order valence-electron chi connectivity index (χ0n) is 19.5. The van der Waals surface area contributed by atoms with E-state index in [0.29, 0.717) is 29.7 Å². The van der Waals surface area contributed by atoms with Crippen LogP contribution in [-0.4, -0.2) is 63.5 Å². The third kappa shape index (κ3) is 4.18. The summed E-state index contributed by atoms with van der Waals surface area (Å²) in [7, 11) is 1.61. The maximum atomic E-state index is 11.6. The lowest BCUT2D eigenvalue weighted by molar-refractivity contribution is -0.155. The highest BCUT2D eigenvalue weighted by atomic mass is 16.5. The minimum Gasteiger partial charge on any atom is -0.481 e. The van der Waals surface area contributed by atoms with Crippen molar-refractivity contribution in [3.05, 3.63) is 42.0 Å². The van der Waals surface area contributed by atoms with Crippen molar-refractivity contribution in [3.63, 3.8) is 0 Å². The minimum absolute atomic E-state index is 0.0163. The standard InChI is InChI=1S/C25H26N6O4/c1-33-21-5-3-17-22(31-21)18(27-15-26-17)6-7-25-10-8-24(9-11-25,14-35-25)28-12-16-2-4-19-23(29-16)30-20(32)13-34-19/h2-5,12,15H,6-11,13-14H2,1H3,(H,29,30,32). The normalized spacial score (nSPS) is 25.3. The number of rotatable bonds is 6. The van der Waals surface area contributed by atoms with Crippen LogP contribution < -0.4 is 14.8 Å². The smallest absolute Gasteiger partial charge is 0.263 e. The molecule has 4 aliphatic rings. The first-order valence-corrected chi connectivity index (χ1v) is 11.8. The van der Waals surface area contributed by atoms with Crippen LogP contribution in [0.3, 0.4) is 0 Å².